The van der Waals surface area contributed by atoms with Gasteiger partial charge in [-0.3, -0.25) is 0 Å². The van der Waals surface area contributed by atoms with E-state index in [1.807, 2.05) is 69.3 Å². The summed E-state index contributed by atoms with van der Waals surface area (Å²) in [4.78, 5) is 12.1. The van der Waals surface area contributed by atoms with Crippen molar-refractivity contribution in [2.24, 2.45) is 0 Å². The van der Waals surface area contributed by atoms with Crippen LogP contribution in [0.15, 0.2) is 60.7 Å². The van der Waals surface area contributed by atoms with E-state index in [1.165, 1.54) is 5.56 Å². The highest BCUT2D eigenvalue weighted by molar-refractivity contribution is 5.68. The van der Waals surface area contributed by atoms with Crippen molar-refractivity contribution in [3.63, 3.8) is 0 Å². The number of carbonyl (C=O) groups excluding carboxylic acids is 1. The SMILES string of the molecule is CC(C)(C)OC(=O)NC(CNc1ccccc1)Cc1ccccc1. The fourth-order valence-corrected chi connectivity index (χ4v) is 2.34. The third-order valence-corrected chi connectivity index (χ3v) is 3.37. The molecule has 2 aromatic carbocycles. The molecular formula is C20H26N2O2. The summed E-state index contributed by atoms with van der Waals surface area (Å²) in [7, 11) is 0. The number of nitrogens with one attached hydrogen (secondary N) is 2. The van der Waals surface area contributed by atoms with Gasteiger partial charge in [0.1, 0.15) is 5.60 Å². The number of para-hydroxylation sites is 1. The Morgan fingerprint density at radius 2 is 1.58 bits per heavy atom. The molecule has 0 heterocycles. The van der Waals surface area contributed by atoms with E-state index >= 15 is 0 Å². The van der Waals surface area contributed by atoms with Crippen LogP contribution in [0.5, 0.6) is 0 Å². The normalized spacial score (nSPS) is 12.3. The second-order valence-corrected chi connectivity index (χ2v) is 6.78. The van der Waals surface area contributed by atoms with Crippen LogP contribution in [0.3, 0.4) is 0 Å². The maximum Gasteiger partial charge on any atom is 0.407 e. The minimum Gasteiger partial charge on any atom is -0.444 e. The molecule has 1 atom stereocenters. The quantitative estimate of drug-likeness (QED) is 0.835. The first-order valence-electron chi connectivity index (χ1n) is 8.25. The monoisotopic (exact) mass is 326 g/mol. The van der Waals surface area contributed by atoms with Crippen molar-refractivity contribution in [1.82, 2.24) is 5.32 Å². The first-order chi connectivity index (χ1) is 11.4. The van der Waals surface area contributed by atoms with E-state index in [0.29, 0.717) is 6.54 Å². The van der Waals surface area contributed by atoms with Crippen LogP contribution >= 0.6 is 0 Å². The highest BCUT2D eigenvalue weighted by atomic mass is 16.6. The number of benzene rings is 2. The van der Waals surface area contributed by atoms with E-state index < -0.39 is 11.7 Å². The van der Waals surface area contributed by atoms with Gasteiger partial charge < -0.3 is 15.4 Å². The molecule has 0 fully saturated rings. The average molecular weight is 326 g/mol. The van der Waals surface area contributed by atoms with E-state index in [2.05, 4.69) is 22.8 Å². The lowest BCUT2D eigenvalue weighted by Crippen LogP contribution is -2.43. The van der Waals surface area contributed by atoms with Gasteiger partial charge in [-0.1, -0.05) is 48.5 Å². The standard InChI is InChI=1S/C20H26N2O2/c1-20(2,3)24-19(23)22-18(14-16-10-6-4-7-11-16)15-21-17-12-8-5-9-13-17/h4-13,18,21H,14-15H2,1-3H3,(H,22,23). The zero-order valence-electron chi connectivity index (χ0n) is 14.6. The second-order valence-electron chi connectivity index (χ2n) is 6.78. The number of carbonyl (C=O) groups is 1. The van der Waals surface area contributed by atoms with Gasteiger partial charge in [0.05, 0.1) is 6.04 Å². The number of rotatable bonds is 6. The summed E-state index contributed by atoms with van der Waals surface area (Å²) in [5.41, 5.74) is 1.70. The maximum atomic E-state index is 12.1. The number of ether oxygens (including phenoxy) is 1. The molecule has 0 saturated carbocycles. The summed E-state index contributed by atoms with van der Waals surface area (Å²) in [5.74, 6) is 0. The molecule has 1 amide bonds. The Morgan fingerprint density at radius 3 is 2.17 bits per heavy atom. The predicted molar refractivity (Wildman–Crippen MR) is 98.2 cm³/mol. The molecule has 0 aromatic heterocycles. The first kappa shape index (κ1) is 17.9. The van der Waals surface area contributed by atoms with Crippen LogP contribution in [0.2, 0.25) is 0 Å². The van der Waals surface area contributed by atoms with Crippen molar-refractivity contribution in [2.75, 3.05) is 11.9 Å². The molecule has 4 nitrogen and oxygen atoms in total. The average Bonchev–Trinajstić information content (AvgIpc) is 2.53. The van der Waals surface area contributed by atoms with Gasteiger partial charge in [-0.25, -0.2) is 4.79 Å². The summed E-state index contributed by atoms with van der Waals surface area (Å²) in [6.07, 6.45) is 0.346. The van der Waals surface area contributed by atoms with Gasteiger partial charge in [-0.05, 0) is 44.9 Å². The predicted octanol–water partition coefficient (Wildman–Crippen LogP) is 4.23. The van der Waals surface area contributed by atoms with E-state index in [0.717, 1.165) is 12.1 Å². The number of hydrogen-bond acceptors (Lipinski definition) is 3. The molecule has 0 aliphatic rings. The minimum absolute atomic E-state index is 0.0672. The lowest BCUT2D eigenvalue weighted by atomic mass is 10.1. The lowest BCUT2D eigenvalue weighted by Gasteiger charge is -2.24. The molecule has 0 spiro atoms. The zero-order valence-corrected chi connectivity index (χ0v) is 14.6. The molecule has 4 heteroatoms. The summed E-state index contributed by atoms with van der Waals surface area (Å²) in [5, 5.41) is 6.33. The molecule has 2 aromatic rings. The molecule has 128 valence electrons. The maximum absolute atomic E-state index is 12.1. The largest absolute Gasteiger partial charge is 0.444 e. The van der Waals surface area contributed by atoms with E-state index in [4.69, 9.17) is 4.74 Å². The van der Waals surface area contributed by atoms with Gasteiger partial charge in [0.25, 0.3) is 0 Å². The smallest absolute Gasteiger partial charge is 0.407 e. The third kappa shape index (κ3) is 6.73. The Labute approximate surface area is 144 Å². The van der Waals surface area contributed by atoms with Gasteiger partial charge >= 0.3 is 6.09 Å². The number of amides is 1. The molecule has 2 rings (SSSR count). The van der Waals surface area contributed by atoms with Crippen molar-refractivity contribution in [3.05, 3.63) is 66.2 Å². The molecule has 0 radical (unpaired) electrons. The summed E-state index contributed by atoms with van der Waals surface area (Å²) in [6.45, 7) is 6.21. The highest BCUT2D eigenvalue weighted by Crippen LogP contribution is 2.10. The highest BCUT2D eigenvalue weighted by Gasteiger charge is 2.19. The molecular weight excluding hydrogens is 300 g/mol. The fourth-order valence-electron chi connectivity index (χ4n) is 2.34. The Bertz CT molecular complexity index is 621. The molecule has 0 aliphatic heterocycles. The van der Waals surface area contributed by atoms with E-state index in [-0.39, 0.29) is 6.04 Å². The first-order valence-corrected chi connectivity index (χ1v) is 8.25. The van der Waals surface area contributed by atoms with Crippen LogP contribution in [0.4, 0.5) is 10.5 Å². The van der Waals surface area contributed by atoms with Crippen molar-refractivity contribution in [1.29, 1.82) is 0 Å². The zero-order chi connectivity index (χ0) is 17.4. The van der Waals surface area contributed by atoms with Crippen LogP contribution in [0.1, 0.15) is 26.3 Å². The van der Waals surface area contributed by atoms with Crippen molar-refractivity contribution in [2.45, 2.75) is 38.8 Å². The summed E-state index contributed by atoms with van der Waals surface area (Å²) >= 11 is 0. The van der Waals surface area contributed by atoms with Crippen molar-refractivity contribution < 1.29 is 9.53 Å². The molecule has 0 bridgehead atoms. The Kier molecular flexibility index (Phi) is 6.24. The molecule has 1 unspecified atom stereocenters. The van der Waals surface area contributed by atoms with Gasteiger partial charge in [0, 0.05) is 12.2 Å². The van der Waals surface area contributed by atoms with Crippen molar-refractivity contribution in [3.8, 4) is 0 Å². The number of alkyl carbamates (subject to hydrolysis) is 1. The fraction of sp³-hybridized carbons (Fsp3) is 0.350. The second kappa shape index (κ2) is 8.39. The summed E-state index contributed by atoms with van der Waals surface area (Å²) in [6, 6.07) is 20.0. The molecule has 0 saturated heterocycles. The van der Waals surface area contributed by atoms with Crippen LogP contribution in [0.25, 0.3) is 0 Å². The topological polar surface area (TPSA) is 50.4 Å². The summed E-state index contributed by atoms with van der Waals surface area (Å²) < 4.78 is 5.38. The van der Waals surface area contributed by atoms with Crippen LogP contribution in [0, 0.1) is 0 Å². The Morgan fingerprint density at radius 1 is 1.00 bits per heavy atom. The van der Waals surface area contributed by atoms with Crippen LogP contribution in [-0.2, 0) is 11.2 Å². The van der Waals surface area contributed by atoms with Crippen LogP contribution < -0.4 is 10.6 Å². The van der Waals surface area contributed by atoms with Crippen molar-refractivity contribution >= 4 is 11.8 Å². The van der Waals surface area contributed by atoms with E-state index in [1.54, 1.807) is 0 Å². The molecule has 2 N–H and O–H groups in total. The number of hydrogen-bond donors (Lipinski definition) is 2. The third-order valence-electron chi connectivity index (χ3n) is 3.37. The minimum atomic E-state index is -0.506. The Hall–Kier alpha value is -2.49. The van der Waals surface area contributed by atoms with Gasteiger partial charge in [-0.2, -0.15) is 0 Å². The molecule has 0 aliphatic carbocycles. The van der Waals surface area contributed by atoms with Gasteiger partial charge in [0.2, 0.25) is 0 Å². The molecule has 24 heavy (non-hydrogen) atoms. The van der Waals surface area contributed by atoms with Gasteiger partial charge in [0.15, 0.2) is 0 Å². The van der Waals surface area contributed by atoms with Crippen LogP contribution in [-0.4, -0.2) is 24.3 Å². The van der Waals surface area contributed by atoms with Gasteiger partial charge in [-0.15, -0.1) is 0 Å². The van der Waals surface area contributed by atoms with E-state index in [9.17, 15) is 4.79 Å². The Balaban J connectivity index is 1.99. The number of anilines is 1. The lowest BCUT2D eigenvalue weighted by molar-refractivity contribution is 0.0507.